The van der Waals surface area contributed by atoms with Crippen LogP contribution in [0.5, 0.6) is 0 Å². The van der Waals surface area contributed by atoms with Gasteiger partial charge in [-0.2, -0.15) is 0 Å². The van der Waals surface area contributed by atoms with E-state index in [0.29, 0.717) is 15.0 Å². The SMILES string of the molecule is CO[C@@H]1C(=O)N(c2ccc(C)cc2)[C@@]12SCCC[Se]2. The summed E-state index contributed by atoms with van der Waals surface area (Å²) < 4.78 is 5.37. The number of carbonyl (C=O) groups excluding carboxylic acids is 1. The quantitative estimate of drug-likeness (QED) is 0.610. The number of aryl methyl sites for hydroxylation is 1. The van der Waals surface area contributed by atoms with Crippen LogP contribution in [0.1, 0.15) is 12.0 Å². The first-order valence-electron chi connectivity index (χ1n) is 6.40. The molecule has 19 heavy (non-hydrogen) atoms. The first kappa shape index (κ1) is 13.5. The van der Waals surface area contributed by atoms with Crippen molar-refractivity contribution in [2.45, 2.75) is 28.5 Å². The van der Waals surface area contributed by atoms with E-state index >= 15 is 0 Å². The second-order valence-electron chi connectivity index (χ2n) is 4.81. The van der Waals surface area contributed by atoms with Crippen molar-refractivity contribution in [3.63, 3.8) is 0 Å². The second-order valence-corrected chi connectivity index (χ2v) is 9.48. The topological polar surface area (TPSA) is 29.5 Å². The van der Waals surface area contributed by atoms with E-state index < -0.39 is 0 Å². The average molecular weight is 342 g/mol. The number of carbonyl (C=O) groups is 1. The molecule has 0 radical (unpaired) electrons. The molecule has 2 fully saturated rings. The van der Waals surface area contributed by atoms with Gasteiger partial charge >= 0.3 is 124 Å². The van der Waals surface area contributed by atoms with Gasteiger partial charge in [0, 0.05) is 0 Å². The Kier molecular flexibility index (Phi) is 3.65. The molecule has 2 aliphatic rings. The van der Waals surface area contributed by atoms with Crippen molar-refractivity contribution in [1.82, 2.24) is 0 Å². The third-order valence-corrected chi connectivity index (χ3v) is 8.91. The molecule has 2 saturated heterocycles. The number of nitrogens with zero attached hydrogens (tertiary/aromatic N) is 1. The Morgan fingerprint density at radius 2 is 2.16 bits per heavy atom. The van der Waals surface area contributed by atoms with Gasteiger partial charge in [0.05, 0.1) is 0 Å². The van der Waals surface area contributed by atoms with Crippen LogP contribution in [0.4, 0.5) is 5.69 Å². The summed E-state index contributed by atoms with van der Waals surface area (Å²) >= 11 is 2.32. The number of anilines is 1. The monoisotopic (exact) mass is 343 g/mol. The van der Waals surface area contributed by atoms with E-state index in [-0.39, 0.29) is 15.8 Å². The molecule has 2 heterocycles. The molecule has 1 aromatic rings. The van der Waals surface area contributed by atoms with E-state index in [1.54, 1.807) is 7.11 Å². The van der Waals surface area contributed by atoms with Crippen LogP contribution in [0.15, 0.2) is 24.3 Å². The van der Waals surface area contributed by atoms with Crippen molar-refractivity contribution in [3.05, 3.63) is 29.8 Å². The van der Waals surface area contributed by atoms with Crippen molar-refractivity contribution in [1.29, 1.82) is 0 Å². The van der Waals surface area contributed by atoms with Crippen LogP contribution in [0.2, 0.25) is 5.32 Å². The molecule has 0 N–H and O–H groups in total. The Bertz CT molecular complexity index is 485. The minimum atomic E-state index is -0.251. The van der Waals surface area contributed by atoms with Crippen molar-refractivity contribution in [3.8, 4) is 0 Å². The van der Waals surface area contributed by atoms with E-state index in [2.05, 4.69) is 19.1 Å². The number of hydrogen-bond acceptors (Lipinski definition) is 3. The number of ether oxygens (including phenoxy) is 1. The van der Waals surface area contributed by atoms with Gasteiger partial charge in [-0.1, -0.05) is 0 Å². The fourth-order valence-corrected chi connectivity index (χ4v) is 8.41. The molecule has 0 unspecified atom stereocenters. The van der Waals surface area contributed by atoms with Crippen LogP contribution < -0.4 is 4.90 Å². The fourth-order valence-electron chi connectivity index (χ4n) is 2.55. The van der Waals surface area contributed by atoms with Crippen molar-refractivity contribution in [2.24, 2.45) is 0 Å². The summed E-state index contributed by atoms with van der Waals surface area (Å²) in [5.74, 6) is 1.24. The zero-order valence-corrected chi connectivity index (χ0v) is 13.6. The van der Waals surface area contributed by atoms with Crippen LogP contribution in [0.3, 0.4) is 0 Å². The van der Waals surface area contributed by atoms with Gasteiger partial charge in [-0.3, -0.25) is 0 Å². The van der Waals surface area contributed by atoms with Crippen LogP contribution in [0, 0.1) is 6.92 Å². The Morgan fingerprint density at radius 1 is 1.42 bits per heavy atom. The summed E-state index contributed by atoms with van der Waals surface area (Å²) in [5, 5.41) is 1.23. The van der Waals surface area contributed by atoms with Gasteiger partial charge in [-0.25, -0.2) is 0 Å². The first-order valence-corrected chi connectivity index (χ1v) is 9.46. The Labute approximate surface area is 124 Å². The van der Waals surface area contributed by atoms with Crippen LogP contribution in [-0.4, -0.2) is 43.6 Å². The van der Waals surface area contributed by atoms with Crippen LogP contribution in [0.25, 0.3) is 0 Å². The third kappa shape index (κ3) is 2.04. The molecule has 102 valence electrons. The molecule has 0 bridgehead atoms. The first-order chi connectivity index (χ1) is 9.19. The Morgan fingerprint density at radius 3 is 2.74 bits per heavy atom. The van der Waals surface area contributed by atoms with Crippen LogP contribution >= 0.6 is 11.8 Å². The fraction of sp³-hybridized carbons (Fsp3) is 0.500. The summed E-state index contributed by atoms with van der Waals surface area (Å²) in [6, 6.07) is 8.23. The zero-order chi connectivity index (χ0) is 13.5. The van der Waals surface area contributed by atoms with Gasteiger partial charge < -0.3 is 0 Å². The van der Waals surface area contributed by atoms with Gasteiger partial charge in [0.15, 0.2) is 0 Å². The average Bonchev–Trinajstić information content (AvgIpc) is 2.43. The number of thioether (sulfide) groups is 1. The van der Waals surface area contributed by atoms with Crippen molar-refractivity contribution < 1.29 is 9.53 Å². The molecule has 1 aromatic carbocycles. The predicted octanol–water partition coefficient (Wildman–Crippen LogP) is 2.27. The second kappa shape index (κ2) is 5.13. The molecule has 3 rings (SSSR count). The summed E-state index contributed by atoms with van der Waals surface area (Å²) in [6.07, 6.45) is 1.01. The molecular weight excluding hydrogens is 325 g/mol. The summed E-state index contributed by atoms with van der Waals surface area (Å²) in [7, 11) is 1.65. The molecule has 0 aliphatic carbocycles. The molecule has 2 atom stereocenters. The molecule has 1 spiro atoms. The molecule has 1 amide bonds. The van der Waals surface area contributed by atoms with Crippen molar-refractivity contribution >= 4 is 38.3 Å². The van der Waals surface area contributed by atoms with E-state index in [1.807, 2.05) is 28.8 Å². The Hall–Kier alpha value is -0.481. The van der Waals surface area contributed by atoms with Gasteiger partial charge in [0.2, 0.25) is 0 Å². The van der Waals surface area contributed by atoms with Gasteiger partial charge in [-0.15, -0.1) is 0 Å². The number of amides is 1. The maximum absolute atomic E-state index is 12.3. The summed E-state index contributed by atoms with van der Waals surface area (Å²) in [5.41, 5.74) is 2.23. The molecule has 0 aromatic heterocycles. The molecule has 2 aliphatic heterocycles. The zero-order valence-electron chi connectivity index (χ0n) is 11.1. The molecule has 0 saturated carbocycles. The van der Waals surface area contributed by atoms with E-state index in [1.165, 1.54) is 17.3 Å². The van der Waals surface area contributed by atoms with E-state index in [0.717, 1.165) is 11.4 Å². The minimum absolute atomic E-state index is 0.105. The molecule has 5 heteroatoms. The summed E-state index contributed by atoms with van der Waals surface area (Å²) in [4.78, 5) is 14.3. The van der Waals surface area contributed by atoms with E-state index in [9.17, 15) is 4.79 Å². The molecule has 3 nitrogen and oxygen atoms in total. The number of methoxy groups -OCH3 is 1. The number of β-lactam (4-membered cyclic amide) rings is 1. The van der Waals surface area contributed by atoms with Gasteiger partial charge in [-0.05, 0) is 0 Å². The Balaban J connectivity index is 1.95. The van der Waals surface area contributed by atoms with Gasteiger partial charge in [0.1, 0.15) is 0 Å². The van der Waals surface area contributed by atoms with Crippen LogP contribution in [-0.2, 0) is 9.53 Å². The molecular formula is C14H17NO2SSe. The van der Waals surface area contributed by atoms with Crippen molar-refractivity contribution in [2.75, 3.05) is 17.8 Å². The summed E-state index contributed by atoms with van der Waals surface area (Å²) in [6.45, 7) is 2.06. The number of benzene rings is 1. The maximum atomic E-state index is 12.3. The predicted molar refractivity (Wildman–Crippen MR) is 79.8 cm³/mol. The van der Waals surface area contributed by atoms with Gasteiger partial charge in [0.25, 0.3) is 0 Å². The third-order valence-electron chi connectivity index (χ3n) is 3.52. The standard InChI is InChI=1S/C14H17NO2SSe/c1-10-4-6-11(7-5-10)15-13(16)12(17-2)14(15)18-8-3-9-19-14/h4-7,12H,3,8-9H2,1-2H3/t12-,14-/m1/s1. The normalized spacial score (nSPS) is 30.5. The number of rotatable bonds is 2. The number of hydrogen-bond donors (Lipinski definition) is 0. The van der Waals surface area contributed by atoms with E-state index in [4.69, 9.17) is 4.74 Å².